The number of halogens is 1. The molecule has 110 valence electrons. The second-order valence-corrected chi connectivity index (χ2v) is 36.7. The Morgan fingerprint density at radius 1 is 0.773 bits per heavy atom. The molecule has 0 nitrogen and oxygen atoms in total. The first-order valence-electron chi connectivity index (χ1n) is 8.93. The monoisotopic (exact) mass is 390 g/mol. The summed E-state index contributed by atoms with van der Waals surface area (Å²) in [7, 11) is 0. The van der Waals surface area contributed by atoms with E-state index in [2.05, 4.69) is 52.3 Å². The summed E-state index contributed by atoms with van der Waals surface area (Å²) in [5.41, 5.74) is 1.87. The number of benzene rings is 2. The van der Waals surface area contributed by atoms with Gasteiger partial charge in [-0.3, -0.25) is 0 Å². The number of hydrogen-bond donors (Lipinski definition) is 0. The van der Waals surface area contributed by atoms with Gasteiger partial charge in [-0.05, 0) is 0 Å². The van der Waals surface area contributed by atoms with Gasteiger partial charge in [-0.25, -0.2) is 0 Å². The average molecular weight is 391 g/mol. The van der Waals surface area contributed by atoms with Crippen LogP contribution in [0.25, 0.3) is 10.8 Å². The summed E-state index contributed by atoms with van der Waals surface area (Å²) in [6.07, 6.45) is 0. The van der Waals surface area contributed by atoms with E-state index < -0.39 is 6.51 Å². The Bertz CT molecular complexity index is 1390. The quantitative estimate of drug-likeness (QED) is 0.494. The standard InChI is InChI=1S/C15H10Br.C5H5.Fe/c16-14-10-9-11-5-3-4-8-13(11)15(14)12-6-1-2-7-12;1-2-4-5-3-1;/h1-10H;1-5H;. The molecule has 10 saturated heterocycles. The fourth-order valence-electron chi connectivity index (χ4n) is 18.5. The van der Waals surface area contributed by atoms with E-state index in [1.54, 1.807) is 5.39 Å². The van der Waals surface area contributed by atoms with E-state index in [0.717, 1.165) is 4.31 Å². The zero-order valence-corrected chi connectivity index (χ0v) is 14.6. The fraction of sp³-hybridized carbons (Fsp3) is 0.500. The van der Waals surface area contributed by atoms with Crippen molar-refractivity contribution in [1.29, 1.82) is 0 Å². The summed E-state index contributed by atoms with van der Waals surface area (Å²) in [4.78, 5) is 12.6. The minimum atomic E-state index is -3.05. The van der Waals surface area contributed by atoms with Gasteiger partial charge < -0.3 is 0 Å². The number of fused-ring (bicyclic) bond motifs is 11. The van der Waals surface area contributed by atoms with Crippen molar-refractivity contribution in [2.24, 2.45) is 0 Å². The third-order valence-corrected chi connectivity index (χ3v) is 59.9. The van der Waals surface area contributed by atoms with Crippen LogP contribution in [0.2, 0.25) is 43.3 Å². The molecule has 1 spiro atoms. The van der Waals surface area contributed by atoms with Crippen molar-refractivity contribution in [3.63, 3.8) is 0 Å². The Kier molecular flexibility index (Phi) is 0.347. The molecular formula is C20H15BrFe. The second kappa shape index (κ2) is 0.877. The van der Waals surface area contributed by atoms with Crippen LogP contribution >= 0.6 is 15.9 Å². The molecule has 4 unspecified atom stereocenters. The molecule has 0 bridgehead atoms. The minimum absolute atomic E-state index is 0.860. The van der Waals surface area contributed by atoms with Gasteiger partial charge in [0.25, 0.3) is 0 Å². The Labute approximate surface area is 127 Å². The van der Waals surface area contributed by atoms with Crippen LogP contribution in [-0.4, -0.2) is 0 Å². The van der Waals surface area contributed by atoms with Gasteiger partial charge in [0.15, 0.2) is 0 Å². The molecule has 0 aromatic heterocycles. The van der Waals surface area contributed by atoms with Crippen LogP contribution in [0.15, 0.2) is 40.9 Å². The van der Waals surface area contributed by atoms with Crippen LogP contribution < -0.4 is 0 Å². The van der Waals surface area contributed by atoms with E-state index in [1.165, 1.54) is 53.2 Å². The molecule has 2 heteroatoms. The topological polar surface area (TPSA) is 0 Å². The van der Waals surface area contributed by atoms with Crippen molar-refractivity contribution in [3.05, 3.63) is 46.4 Å². The van der Waals surface area contributed by atoms with Crippen molar-refractivity contribution in [3.8, 4) is 0 Å². The van der Waals surface area contributed by atoms with E-state index in [9.17, 15) is 0 Å². The molecule has 10 aliphatic rings. The fourth-order valence-corrected chi connectivity index (χ4v) is 93.4. The molecule has 0 N–H and O–H groups in total. The summed E-state index contributed by atoms with van der Waals surface area (Å²) in [6.45, 7) is -3.05. The van der Waals surface area contributed by atoms with Crippen molar-refractivity contribution in [1.82, 2.24) is 0 Å². The van der Waals surface area contributed by atoms with Crippen LogP contribution in [0.3, 0.4) is 0 Å². The van der Waals surface area contributed by atoms with E-state index in [1.807, 2.05) is 5.56 Å². The summed E-state index contributed by atoms with van der Waals surface area (Å²) in [5.74, 6) is 0. The molecule has 0 amide bonds. The Morgan fingerprint density at radius 2 is 1.41 bits per heavy atom. The zero-order chi connectivity index (χ0) is 13.6. The third-order valence-electron chi connectivity index (χ3n) is 16.9. The number of rotatable bonds is 1. The van der Waals surface area contributed by atoms with Gasteiger partial charge in [-0.15, -0.1) is 0 Å². The molecule has 0 aliphatic carbocycles. The SMILES string of the molecule is Brc1ccc2ccccc2c1[C]12[CH]3[CH]4[CH]5[CH]1[Fe]45321678[CH]2[CH]1[CH]6[CH]7[CH]28. The Hall–Kier alpha value is -0.301. The average Bonchev–Trinajstić information content (AvgIpc) is 3.47. The van der Waals surface area contributed by atoms with Crippen molar-refractivity contribution in [2.75, 3.05) is 0 Å². The first-order chi connectivity index (χ1) is 10.5. The molecule has 10 aliphatic heterocycles. The van der Waals surface area contributed by atoms with Crippen molar-refractivity contribution < 1.29 is 6.51 Å². The van der Waals surface area contributed by atoms with E-state index in [0.29, 0.717) is 0 Å². The van der Waals surface area contributed by atoms with E-state index in [4.69, 9.17) is 0 Å². The normalized spacial score (nSPS) is 94.9. The van der Waals surface area contributed by atoms with Gasteiger partial charge in [0.1, 0.15) is 0 Å². The molecule has 4 atom stereocenters. The maximum atomic E-state index is 4.05. The maximum absolute atomic E-state index is 4.05. The molecule has 12 rings (SSSR count). The first-order valence-corrected chi connectivity index (χ1v) is 16.0. The summed E-state index contributed by atoms with van der Waals surface area (Å²) < 4.78 is 2.35. The summed E-state index contributed by atoms with van der Waals surface area (Å²) in [5, 5.41) is 3.13. The van der Waals surface area contributed by atoms with Gasteiger partial charge in [0.2, 0.25) is 0 Å². The summed E-state index contributed by atoms with van der Waals surface area (Å²) >= 11 is 4.05. The molecule has 2 aromatic carbocycles. The van der Waals surface area contributed by atoms with Crippen LogP contribution in [-0.2, 0) is 10.8 Å². The molecule has 22 heavy (non-hydrogen) atoms. The molecule has 0 radical (unpaired) electrons. The molecule has 10 heterocycles. The third kappa shape index (κ3) is 0.117. The number of hydrogen-bond acceptors (Lipinski definition) is 0. The molecular weight excluding hydrogens is 376 g/mol. The van der Waals surface area contributed by atoms with Crippen molar-refractivity contribution in [2.45, 2.75) is 47.7 Å². The second-order valence-electron chi connectivity index (χ2n) is 12.3. The van der Waals surface area contributed by atoms with Gasteiger partial charge in [0, 0.05) is 0 Å². The molecule has 0 saturated carbocycles. The van der Waals surface area contributed by atoms with Crippen molar-refractivity contribution >= 4 is 26.7 Å². The van der Waals surface area contributed by atoms with E-state index in [-0.39, 0.29) is 0 Å². The molecule has 10 fully saturated rings. The van der Waals surface area contributed by atoms with Gasteiger partial charge in [-0.2, -0.15) is 0 Å². The van der Waals surface area contributed by atoms with E-state index >= 15 is 0 Å². The predicted molar refractivity (Wildman–Crippen MR) is 87.1 cm³/mol. The van der Waals surface area contributed by atoms with Crippen LogP contribution in [0, 0.1) is 0 Å². The van der Waals surface area contributed by atoms with Gasteiger partial charge >= 0.3 is 127 Å². The first kappa shape index (κ1) is 8.70. The zero-order valence-electron chi connectivity index (χ0n) is 11.9. The van der Waals surface area contributed by atoms with Gasteiger partial charge in [0.05, 0.1) is 0 Å². The Morgan fingerprint density at radius 3 is 1.95 bits per heavy atom. The van der Waals surface area contributed by atoms with Gasteiger partial charge in [-0.1, -0.05) is 0 Å². The van der Waals surface area contributed by atoms with Crippen LogP contribution in [0.5, 0.6) is 0 Å². The molecule has 2 aromatic rings. The predicted octanol–water partition coefficient (Wildman–Crippen LogP) is 6.40. The van der Waals surface area contributed by atoms with Crippen LogP contribution in [0.1, 0.15) is 5.56 Å². The van der Waals surface area contributed by atoms with Crippen LogP contribution in [0.4, 0.5) is 0 Å². The Balaban J connectivity index is 1.47. The summed E-state index contributed by atoms with van der Waals surface area (Å²) in [6, 6.07) is 14.0.